The van der Waals surface area contributed by atoms with Crippen molar-refractivity contribution in [2.24, 2.45) is 0 Å². The third-order valence-corrected chi connectivity index (χ3v) is 11.1. The first-order chi connectivity index (χ1) is 27.2. The number of rotatable bonds is 4. The lowest BCUT2D eigenvalue weighted by Gasteiger charge is -2.19. The first kappa shape index (κ1) is 30.7. The number of fused-ring (bicyclic) bond motifs is 9. The van der Waals surface area contributed by atoms with E-state index in [1.807, 2.05) is 36.4 Å². The summed E-state index contributed by atoms with van der Waals surface area (Å²) in [7, 11) is 0. The average Bonchev–Trinajstić information content (AvgIpc) is 3.89. The van der Waals surface area contributed by atoms with E-state index in [1.165, 1.54) is 10.8 Å². The zero-order valence-corrected chi connectivity index (χ0v) is 29.5. The van der Waals surface area contributed by atoms with Crippen LogP contribution in [0.1, 0.15) is 5.56 Å². The molecule has 3 heterocycles. The van der Waals surface area contributed by atoms with Gasteiger partial charge in [0.2, 0.25) is 0 Å². The predicted octanol–water partition coefficient (Wildman–Crippen LogP) is 13.1. The molecule has 11 rings (SSSR count). The molecule has 8 aromatic carbocycles. The van der Waals surface area contributed by atoms with Crippen LogP contribution < -0.4 is 0 Å². The smallest absolute Gasteiger partial charge is 0.197 e. The molecule has 0 radical (unpaired) electrons. The highest BCUT2D eigenvalue weighted by Gasteiger charge is 2.23. The minimum atomic E-state index is 0.578. The summed E-state index contributed by atoms with van der Waals surface area (Å²) in [6, 6.07) is 63.6. The van der Waals surface area contributed by atoms with Gasteiger partial charge in [-0.05, 0) is 60.0 Å². The summed E-state index contributed by atoms with van der Waals surface area (Å²) < 4.78 is 6.90. The van der Waals surface area contributed by atoms with Gasteiger partial charge in [-0.3, -0.25) is 0 Å². The Bertz CT molecular complexity index is 3420. The highest BCUT2D eigenvalue weighted by atomic mass is 15.0. The molecule has 254 valence electrons. The van der Waals surface area contributed by atoms with Gasteiger partial charge >= 0.3 is 0 Å². The molecule has 5 nitrogen and oxygen atoms in total. The molecule has 0 unspecified atom stereocenters. The van der Waals surface area contributed by atoms with E-state index in [0.29, 0.717) is 11.3 Å². The Morgan fingerprint density at radius 1 is 0.436 bits per heavy atom. The van der Waals surface area contributed by atoms with Crippen molar-refractivity contribution in [1.29, 1.82) is 5.26 Å². The molecule has 0 amide bonds. The molecule has 0 N–H and O–H groups in total. The molecule has 5 heteroatoms. The van der Waals surface area contributed by atoms with E-state index in [1.54, 1.807) is 0 Å². The van der Waals surface area contributed by atoms with Gasteiger partial charge in [-0.15, -0.1) is 0 Å². The first-order valence-corrected chi connectivity index (χ1v) is 18.3. The van der Waals surface area contributed by atoms with Crippen LogP contribution in [0.15, 0.2) is 176 Å². The van der Waals surface area contributed by atoms with Crippen LogP contribution in [-0.4, -0.2) is 13.7 Å². The summed E-state index contributed by atoms with van der Waals surface area (Å²) in [5, 5.41) is 17.5. The number of nitriles is 1. The molecule has 0 spiro atoms. The van der Waals surface area contributed by atoms with Crippen molar-refractivity contribution < 1.29 is 0 Å². The maximum absolute atomic E-state index is 10.9. The van der Waals surface area contributed by atoms with Gasteiger partial charge in [0.25, 0.3) is 0 Å². The Labute approximate surface area is 316 Å². The molecule has 0 atom stereocenters. The number of benzene rings is 8. The van der Waals surface area contributed by atoms with Gasteiger partial charge in [-0.1, -0.05) is 121 Å². The lowest BCUT2D eigenvalue weighted by atomic mass is 9.98. The maximum Gasteiger partial charge on any atom is 0.197 e. The predicted molar refractivity (Wildman–Crippen MR) is 226 cm³/mol. The Balaban J connectivity index is 1.24. The van der Waals surface area contributed by atoms with Crippen LogP contribution in [0.3, 0.4) is 0 Å². The number of para-hydroxylation sites is 6. The van der Waals surface area contributed by atoms with Gasteiger partial charge in [0.05, 0.1) is 51.1 Å². The largest absolute Gasteiger partial charge is 0.310 e. The SMILES string of the molecule is [C-]#[N+]c1cccc2c1c1ccccc1n2-c1ccccc1-c1cccc(C#N)c1-n1c2ccccc2c2ccc(-n3c4ccccc4c4ccccc43)cc21. The van der Waals surface area contributed by atoms with Crippen LogP contribution >= 0.6 is 0 Å². The molecule has 0 aliphatic heterocycles. The van der Waals surface area contributed by atoms with Gasteiger partial charge in [-0.25, -0.2) is 4.85 Å². The van der Waals surface area contributed by atoms with Crippen LogP contribution in [0, 0.1) is 17.9 Å². The minimum Gasteiger partial charge on any atom is -0.310 e. The lowest BCUT2D eigenvalue weighted by Crippen LogP contribution is -2.04. The van der Waals surface area contributed by atoms with E-state index < -0.39 is 0 Å². The molecular weight excluding hydrogens is 671 g/mol. The third-order valence-electron chi connectivity index (χ3n) is 11.1. The van der Waals surface area contributed by atoms with Gasteiger partial charge in [-0.2, -0.15) is 5.26 Å². The van der Waals surface area contributed by atoms with Crippen molar-refractivity contribution in [2.75, 3.05) is 0 Å². The van der Waals surface area contributed by atoms with Crippen molar-refractivity contribution in [2.45, 2.75) is 0 Å². The maximum atomic E-state index is 10.9. The van der Waals surface area contributed by atoms with E-state index in [-0.39, 0.29) is 0 Å². The molecule has 3 aromatic heterocycles. The standard InChI is InChI=1S/C50H29N5/c1-52-41-21-13-27-47-49(41)40-19-6-11-26-46(40)54(47)44-24-9-5-18-37(44)39-20-12-14-32(31-51)50(39)55-45-25-10-4-17-36(45)38-29-28-33(30-48(38)55)53-42-22-7-2-15-34(42)35-16-3-8-23-43(35)53/h2-30H. The fourth-order valence-corrected chi connectivity index (χ4v) is 8.88. The first-order valence-electron chi connectivity index (χ1n) is 18.3. The number of nitrogens with zero attached hydrogens (tertiary/aromatic N) is 5. The minimum absolute atomic E-state index is 0.578. The second kappa shape index (κ2) is 11.8. The van der Waals surface area contributed by atoms with Gasteiger partial charge in [0.15, 0.2) is 5.69 Å². The lowest BCUT2D eigenvalue weighted by molar-refractivity contribution is 1.14. The zero-order valence-electron chi connectivity index (χ0n) is 29.5. The average molecular weight is 700 g/mol. The molecule has 0 aliphatic rings. The van der Waals surface area contributed by atoms with Gasteiger partial charge in [0, 0.05) is 49.3 Å². The monoisotopic (exact) mass is 699 g/mol. The van der Waals surface area contributed by atoms with Gasteiger partial charge < -0.3 is 13.7 Å². The van der Waals surface area contributed by atoms with Crippen molar-refractivity contribution >= 4 is 71.1 Å². The Hall–Kier alpha value is -7.86. The quantitative estimate of drug-likeness (QED) is 0.169. The summed E-state index contributed by atoms with van der Waals surface area (Å²) in [5.74, 6) is 0. The molecule has 0 fully saturated rings. The van der Waals surface area contributed by atoms with E-state index in [0.717, 1.165) is 82.8 Å². The summed E-state index contributed by atoms with van der Waals surface area (Å²) >= 11 is 0. The van der Waals surface area contributed by atoms with E-state index >= 15 is 0 Å². The number of hydrogen-bond acceptors (Lipinski definition) is 1. The Kier molecular flexibility index (Phi) is 6.61. The molecule has 55 heavy (non-hydrogen) atoms. The normalized spacial score (nSPS) is 11.6. The molecule has 0 bridgehead atoms. The Morgan fingerprint density at radius 2 is 0.964 bits per heavy atom. The molecule has 0 saturated carbocycles. The van der Waals surface area contributed by atoms with Crippen LogP contribution in [0.2, 0.25) is 0 Å². The fraction of sp³-hybridized carbons (Fsp3) is 0. The topological polar surface area (TPSA) is 42.9 Å². The highest BCUT2D eigenvalue weighted by molar-refractivity contribution is 6.16. The van der Waals surface area contributed by atoms with E-state index in [9.17, 15) is 5.26 Å². The van der Waals surface area contributed by atoms with Crippen LogP contribution in [-0.2, 0) is 0 Å². The zero-order chi connectivity index (χ0) is 36.6. The number of aromatic nitrogens is 3. The van der Waals surface area contributed by atoms with Gasteiger partial charge in [0.1, 0.15) is 6.07 Å². The van der Waals surface area contributed by atoms with Crippen LogP contribution in [0.5, 0.6) is 0 Å². The van der Waals surface area contributed by atoms with Crippen LogP contribution in [0.4, 0.5) is 5.69 Å². The van der Waals surface area contributed by atoms with E-state index in [2.05, 4.69) is 164 Å². The van der Waals surface area contributed by atoms with Crippen molar-refractivity contribution in [1.82, 2.24) is 13.7 Å². The van der Waals surface area contributed by atoms with Crippen molar-refractivity contribution in [3.8, 4) is 34.3 Å². The Morgan fingerprint density at radius 3 is 1.64 bits per heavy atom. The molecule has 0 aliphatic carbocycles. The summed E-state index contributed by atoms with van der Waals surface area (Å²) in [6.45, 7) is 8.00. The summed E-state index contributed by atoms with van der Waals surface area (Å²) in [6.07, 6.45) is 0. The molecule has 11 aromatic rings. The van der Waals surface area contributed by atoms with Crippen molar-refractivity contribution in [3.05, 3.63) is 193 Å². The number of hydrogen-bond donors (Lipinski definition) is 0. The van der Waals surface area contributed by atoms with Crippen molar-refractivity contribution in [3.63, 3.8) is 0 Å². The van der Waals surface area contributed by atoms with Crippen LogP contribution in [0.25, 0.3) is 98.5 Å². The highest BCUT2D eigenvalue weighted by Crippen LogP contribution is 2.44. The fourth-order valence-electron chi connectivity index (χ4n) is 8.88. The van der Waals surface area contributed by atoms with E-state index in [4.69, 9.17) is 6.57 Å². The second-order valence-corrected chi connectivity index (χ2v) is 13.9. The summed E-state index contributed by atoms with van der Waals surface area (Å²) in [4.78, 5) is 3.92. The summed E-state index contributed by atoms with van der Waals surface area (Å²) in [5.41, 5.74) is 12.3. The third kappa shape index (κ3) is 4.33. The second-order valence-electron chi connectivity index (χ2n) is 13.9. The molecule has 0 saturated heterocycles. The molecular formula is C50H29N5.